The molecule has 1 aromatic carbocycles. The van der Waals surface area contributed by atoms with E-state index < -0.39 is 22.0 Å². The van der Waals surface area contributed by atoms with Crippen molar-refractivity contribution in [3.8, 4) is 5.75 Å². The van der Waals surface area contributed by atoms with Gasteiger partial charge in [0.05, 0.1) is 11.0 Å². The summed E-state index contributed by atoms with van der Waals surface area (Å²) < 4.78 is 31.6. The Balaban J connectivity index is 3.03. The topological polar surface area (TPSA) is 92.7 Å². The van der Waals surface area contributed by atoms with Gasteiger partial charge in [-0.15, -0.1) is 0 Å². The molecule has 1 rings (SSSR count). The molecular formula is C13H19NO5S. The maximum atomic E-state index is 12.0. The molecule has 0 radical (unpaired) electrons. The number of ether oxygens (including phenoxy) is 1. The average molecular weight is 301 g/mol. The van der Waals surface area contributed by atoms with Crippen LogP contribution in [-0.2, 0) is 14.8 Å². The van der Waals surface area contributed by atoms with Crippen molar-refractivity contribution >= 4 is 16.0 Å². The fourth-order valence-corrected chi connectivity index (χ4v) is 2.81. The van der Waals surface area contributed by atoms with Crippen LogP contribution in [-0.4, -0.2) is 31.6 Å². The monoisotopic (exact) mass is 301 g/mol. The predicted octanol–water partition coefficient (Wildman–Crippen LogP) is 1.53. The minimum atomic E-state index is -3.86. The zero-order chi connectivity index (χ0) is 15.5. The molecule has 1 aromatic rings. The largest absolute Gasteiger partial charge is 0.491 e. The summed E-state index contributed by atoms with van der Waals surface area (Å²) in [6.45, 7) is 6.75. The van der Waals surface area contributed by atoms with Gasteiger partial charge in [0.15, 0.2) is 0 Å². The van der Waals surface area contributed by atoms with Gasteiger partial charge < -0.3 is 9.84 Å². The van der Waals surface area contributed by atoms with E-state index in [1.54, 1.807) is 13.0 Å². The van der Waals surface area contributed by atoms with Gasteiger partial charge in [-0.05, 0) is 51.5 Å². The van der Waals surface area contributed by atoms with Crippen LogP contribution < -0.4 is 9.46 Å². The lowest BCUT2D eigenvalue weighted by molar-refractivity contribution is -0.138. The summed E-state index contributed by atoms with van der Waals surface area (Å²) in [6.07, 6.45) is -0.0127. The number of nitrogens with one attached hydrogen (secondary N) is 1. The highest BCUT2D eigenvalue weighted by molar-refractivity contribution is 7.89. The third-order valence-corrected chi connectivity index (χ3v) is 4.06. The number of carbonyl (C=O) groups is 1. The molecule has 0 spiro atoms. The maximum Gasteiger partial charge on any atom is 0.321 e. The van der Waals surface area contributed by atoms with E-state index in [4.69, 9.17) is 9.84 Å². The zero-order valence-corrected chi connectivity index (χ0v) is 12.7. The summed E-state index contributed by atoms with van der Waals surface area (Å²) in [6, 6.07) is 3.22. The molecule has 0 aromatic heterocycles. The van der Waals surface area contributed by atoms with Gasteiger partial charge >= 0.3 is 5.97 Å². The van der Waals surface area contributed by atoms with Gasteiger partial charge in [0, 0.05) is 0 Å². The second-order valence-corrected chi connectivity index (χ2v) is 6.49. The third-order valence-electron chi connectivity index (χ3n) is 2.52. The maximum absolute atomic E-state index is 12.0. The first-order chi connectivity index (χ1) is 9.13. The van der Waals surface area contributed by atoms with Gasteiger partial charge in [0.25, 0.3) is 0 Å². The molecule has 1 atom stereocenters. The fraction of sp³-hybridized carbons (Fsp3) is 0.462. The summed E-state index contributed by atoms with van der Waals surface area (Å²) in [5.74, 6) is -0.629. The highest BCUT2D eigenvalue weighted by Gasteiger charge is 2.22. The van der Waals surface area contributed by atoms with Crippen molar-refractivity contribution in [1.82, 2.24) is 4.72 Å². The van der Waals surface area contributed by atoms with Gasteiger partial charge in [-0.1, -0.05) is 0 Å². The van der Waals surface area contributed by atoms with Crippen molar-refractivity contribution in [2.24, 2.45) is 0 Å². The van der Waals surface area contributed by atoms with Crippen molar-refractivity contribution in [2.45, 2.75) is 44.7 Å². The fourth-order valence-electron chi connectivity index (χ4n) is 1.53. The Hall–Kier alpha value is -1.60. The second kappa shape index (κ2) is 6.23. The summed E-state index contributed by atoms with van der Waals surface area (Å²) in [4.78, 5) is 10.7. The van der Waals surface area contributed by atoms with Gasteiger partial charge in [-0.2, -0.15) is 4.72 Å². The van der Waals surface area contributed by atoms with Crippen LogP contribution in [0.1, 0.15) is 26.3 Å². The van der Waals surface area contributed by atoms with Crippen molar-refractivity contribution in [1.29, 1.82) is 0 Å². The van der Waals surface area contributed by atoms with E-state index >= 15 is 0 Å². The standard InChI is InChI=1S/C13H19NO5S/c1-8(2)19-12-6-5-11(7-9(12)3)20(17,18)14-10(4)13(15)16/h5-8,10,14H,1-4H3,(H,15,16). The van der Waals surface area contributed by atoms with E-state index in [2.05, 4.69) is 4.72 Å². The molecule has 0 amide bonds. The van der Waals surface area contributed by atoms with E-state index in [0.29, 0.717) is 11.3 Å². The van der Waals surface area contributed by atoms with Crippen molar-refractivity contribution in [3.05, 3.63) is 23.8 Å². The number of aliphatic carboxylic acids is 1. The molecule has 0 saturated carbocycles. The molecule has 0 aliphatic rings. The molecule has 0 aliphatic carbocycles. The van der Waals surface area contributed by atoms with Crippen LogP contribution in [0.25, 0.3) is 0 Å². The van der Waals surface area contributed by atoms with Crippen LogP contribution >= 0.6 is 0 Å². The van der Waals surface area contributed by atoms with E-state index in [1.165, 1.54) is 19.1 Å². The Bertz CT molecular complexity index is 595. The molecular weight excluding hydrogens is 282 g/mol. The number of carboxylic acids is 1. The highest BCUT2D eigenvalue weighted by Crippen LogP contribution is 2.22. The van der Waals surface area contributed by atoms with Gasteiger partial charge in [-0.3, -0.25) is 4.79 Å². The number of hydrogen-bond acceptors (Lipinski definition) is 4. The SMILES string of the molecule is Cc1cc(S(=O)(=O)NC(C)C(=O)O)ccc1OC(C)C. The first-order valence-corrected chi connectivity index (χ1v) is 7.64. The normalized spacial score (nSPS) is 13.2. The number of aryl methyl sites for hydroxylation is 1. The Morgan fingerprint density at radius 2 is 1.90 bits per heavy atom. The molecule has 0 aliphatic heterocycles. The summed E-state index contributed by atoms with van der Waals surface area (Å²) in [7, 11) is -3.86. The summed E-state index contributed by atoms with van der Waals surface area (Å²) in [5, 5.41) is 8.74. The number of hydrogen-bond donors (Lipinski definition) is 2. The van der Waals surface area contributed by atoms with Gasteiger partial charge in [-0.25, -0.2) is 8.42 Å². The third kappa shape index (κ3) is 4.21. The lowest BCUT2D eigenvalue weighted by atomic mass is 10.2. The zero-order valence-electron chi connectivity index (χ0n) is 11.9. The molecule has 7 heteroatoms. The van der Waals surface area contributed by atoms with Gasteiger partial charge in [0.1, 0.15) is 11.8 Å². The second-order valence-electron chi connectivity index (χ2n) is 4.78. The molecule has 2 N–H and O–H groups in total. The molecule has 0 fully saturated rings. The van der Waals surface area contributed by atoms with E-state index in [-0.39, 0.29) is 11.0 Å². The van der Waals surface area contributed by atoms with Crippen LogP contribution in [0.2, 0.25) is 0 Å². The first kappa shape index (κ1) is 16.5. The van der Waals surface area contributed by atoms with Crippen molar-refractivity contribution in [2.75, 3.05) is 0 Å². The first-order valence-electron chi connectivity index (χ1n) is 6.16. The Morgan fingerprint density at radius 1 is 1.30 bits per heavy atom. The van der Waals surface area contributed by atoms with Gasteiger partial charge in [0.2, 0.25) is 10.0 Å². The average Bonchev–Trinajstić information content (AvgIpc) is 2.30. The van der Waals surface area contributed by atoms with E-state index in [9.17, 15) is 13.2 Å². The molecule has 0 saturated heterocycles. The smallest absolute Gasteiger partial charge is 0.321 e. The predicted molar refractivity (Wildman–Crippen MR) is 74.4 cm³/mol. The Morgan fingerprint density at radius 3 is 2.35 bits per heavy atom. The Labute approximate surface area is 118 Å². The molecule has 1 unspecified atom stereocenters. The number of rotatable bonds is 6. The Kier molecular flexibility index (Phi) is 5.13. The van der Waals surface area contributed by atoms with Crippen LogP contribution in [0.15, 0.2) is 23.1 Å². The molecule has 0 bridgehead atoms. The molecule has 0 heterocycles. The van der Waals surface area contributed by atoms with Crippen LogP contribution in [0, 0.1) is 6.92 Å². The minimum absolute atomic E-state index is 0.0127. The number of benzene rings is 1. The summed E-state index contributed by atoms with van der Waals surface area (Å²) >= 11 is 0. The number of carboxylic acid groups (broad SMARTS) is 1. The van der Waals surface area contributed by atoms with E-state index in [0.717, 1.165) is 0 Å². The van der Waals surface area contributed by atoms with Crippen molar-refractivity contribution < 1.29 is 23.1 Å². The lowest BCUT2D eigenvalue weighted by Gasteiger charge is -2.14. The minimum Gasteiger partial charge on any atom is -0.491 e. The van der Waals surface area contributed by atoms with E-state index in [1.807, 2.05) is 13.8 Å². The highest BCUT2D eigenvalue weighted by atomic mass is 32.2. The van der Waals surface area contributed by atoms with Crippen LogP contribution in [0.4, 0.5) is 0 Å². The number of sulfonamides is 1. The molecule has 112 valence electrons. The molecule has 20 heavy (non-hydrogen) atoms. The van der Waals surface area contributed by atoms with Crippen LogP contribution in [0.3, 0.4) is 0 Å². The molecule has 6 nitrogen and oxygen atoms in total. The lowest BCUT2D eigenvalue weighted by Crippen LogP contribution is -2.38. The quantitative estimate of drug-likeness (QED) is 0.831. The summed E-state index contributed by atoms with van der Waals surface area (Å²) in [5.41, 5.74) is 0.671. The van der Waals surface area contributed by atoms with Crippen molar-refractivity contribution in [3.63, 3.8) is 0 Å². The van der Waals surface area contributed by atoms with Crippen LogP contribution in [0.5, 0.6) is 5.75 Å².